The van der Waals surface area contributed by atoms with Crippen LogP contribution in [0.4, 0.5) is 4.39 Å². The first-order valence-electron chi connectivity index (χ1n) is 15.2. The number of aromatic nitrogens is 2. The van der Waals surface area contributed by atoms with Gasteiger partial charge in [-0.15, -0.1) is 0 Å². The van der Waals surface area contributed by atoms with E-state index in [1.165, 1.54) is 18.5 Å². The second-order valence-electron chi connectivity index (χ2n) is 11.4. The number of ether oxygens (including phenoxy) is 2. The predicted molar refractivity (Wildman–Crippen MR) is 171 cm³/mol. The quantitative estimate of drug-likeness (QED) is 0.262. The molecule has 0 spiro atoms. The van der Waals surface area contributed by atoms with Crippen molar-refractivity contribution < 1.29 is 28.2 Å². The molecule has 0 saturated carbocycles. The maximum absolute atomic E-state index is 15.1. The first-order valence-corrected chi connectivity index (χ1v) is 15.2. The van der Waals surface area contributed by atoms with Crippen LogP contribution in [0.2, 0.25) is 0 Å². The molecule has 3 amide bonds. The number of benzene rings is 4. The second kappa shape index (κ2) is 12.8. The first kappa shape index (κ1) is 29.7. The van der Waals surface area contributed by atoms with Crippen LogP contribution in [0.1, 0.15) is 26.4 Å². The summed E-state index contributed by atoms with van der Waals surface area (Å²) in [4.78, 5) is 48.9. The number of hydrogen-bond donors (Lipinski definition) is 3. The van der Waals surface area contributed by atoms with Crippen molar-refractivity contribution in [3.63, 3.8) is 0 Å². The molecular formula is C36H30FN5O5. The fourth-order valence-electron chi connectivity index (χ4n) is 5.78. The van der Waals surface area contributed by atoms with Crippen molar-refractivity contribution in [3.8, 4) is 33.9 Å². The van der Waals surface area contributed by atoms with Gasteiger partial charge in [-0.05, 0) is 53.1 Å². The number of fused-ring (bicyclic) bond motifs is 7. The number of imidazole rings is 1. The molecule has 10 nitrogen and oxygen atoms in total. The minimum atomic E-state index is -0.693. The Kier molecular flexibility index (Phi) is 8.09. The number of nitrogens with zero attached hydrogens (tertiary/aromatic N) is 2. The molecule has 236 valence electrons. The van der Waals surface area contributed by atoms with E-state index in [4.69, 9.17) is 9.47 Å². The molecule has 4 aromatic carbocycles. The number of hydrogen-bond acceptors (Lipinski definition) is 6. The zero-order valence-electron chi connectivity index (χ0n) is 25.1. The van der Waals surface area contributed by atoms with Crippen LogP contribution in [0, 0.1) is 5.82 Å². The van der Waals surface area contributed by atoms with Crippen LogP contribution < -0.4 is 20.1 Å². The molecule has 11 heteroatoms. The Bertz CT molecular complexity index is 1950. The summed E-state index contributed by atoms with van der Waals surface area (Å²) in [5, 5.41) is 5.78. The fraction of sp³-hybridized carbons (Fsp3) is 0.167. The Balaban J connectivity index is 1.21. The lowest BCUT2D eigenvalue weighted by atomic mass is 10.0. The third kappa shape index (κ3) is 6.41. The molecule has 4 heterocycles. The number of aromatic amines is 1. The lowest BCUT2D eigenvalue weighted by Crippen LogP contribution is -2.45. The number of nitrogens with one attached hydrogen (secondary N) is 3. The van der Waals surface area contributed by atoms with Gasteiger partial charge in [0.05, 0.1) is 24.5 Å². The van der Waals surface area contributed by atoms with Gasteiger partial charge in [0.15, 0.2) is 6.61 Å². The number of rotatable bonds is 2. The molecular weight excluding hydrogens is 601 g/mol. The van der Waals surface area contributed by atoms with Crippen molar-refractivity contribution in [1.29, 1.82) is 0 Å². The zero-order valence-corrected chi connectivity index (χ0v) is 25.1. The molecule has 3 N–H and O–H groups in total. The molecule has 2 atom stereocenters. The van der Waals surface area contributed by atoms with E-state index in [1.807, 2.05) is 42.5 Å². The van der Waals surface area contributed by atoms with Crippen molar-refractivity contribution in [3.05, 3.63) is 126 Å². The van der Waals surface area contributed by atoms with Gasteiger partial charge in [-0.1, -0.05) is 60.7 Å². The van der Waals surface area contributed by atoms with Crippen LogP contribution in [0.15, 0.2) is 103 Å². The molecule has 1 fully saturated rings. The monoisotopic (exact) mass is 631 g/mol. The largest absolute Gasteiger partial charge is 0.486 e. The van der Waals surface area contributed by atoms with Crippen LogP contribution in [0.25, 0.3) is 22.4 Å². The molecule has 1 saturated heterocycles. The molecule has 3 aliphatic heterocycles. The molecule has 6 bridgehead atoms. The maximum Gasteiger partial charge on any atom is 0.272 e. The van der Waals surface area contributed by atoms with Crippen molar-refractivity contribution in [2.75, 3.05) is 19.7 Å². The van der Waals surface area contributed by atoms with Crippen LogP contribution >= 0.6 is 0 Å². The van der Waals surface area contributed by atoms with E-state index >= 15 is 4.39 Å². The maximum atomic E-state index is 15.1. The number of halogens is 1. The predicted octanol–water partition coefficient (Wildman–Crippen LogP) is 4.59. The molecule has 0 aliphatic carbocycles. The van der Waals surface area contributed by atoms with Gasteiger partial charge in [-0.3, -0.25) is 14.4 Å². The molecule has 3 aliphatic rings. The van der Waals surface area contributed by atoms with Crippen molar-refractivity contribution >= 4 is 17.7 Å². The van der Waals surface area contributed by atoms with Gasteiger partial charge in [0.25, 0.3) is 17.7 Å². The van der Waals surface area contributed by atoms with E-state index in [2.05, 4.69) is 20.6 Å². The van der Waals surface area contributed by atoms with E-state index in [9.17, 15) is 14.4 Å². The Morgan fingerprint density at radius 3 is 2.47 bits per heavy atom. The minimum absolute atomic E-state index is 0.118. The molecule has 0 radical (unpaired) electrons. The molecule has 0 unspecified atom stereocenters. The molecule has 47 heavy (non-hydrogen) atoms. The minimum Gasteiger partial charge on any atom is -0.486 e. The summed E-state index contributed by atoms with van der Waals surface area (Å²) in [6.07, 6.45) is 0.823. The summed E-state index contributed by atoms with van der Waals surface area (Å²) in [6.45, 7) is 0.377. The summed E-state index contributed by atoms with van der Waals surface area (Å²) in [5.41, 5.74) is 3.57. The van der Waals surface area contributed by atoms with Crippen molar-refractivity contribution in [1.82, 2.24) is 25.5 Å². The third-order valence-corrected chi connectivity index (χ3v) is 8.22. The van der Waals surface area contributed by atoms with Crippen molar-refractivity contribution in [2.24, 2.45) is 0 Å². The normalized spacial score (nSPS) is 17.9. The van der Waals surface area contributed by atoms with Gasteiger partial charge < -0.3 is 30.0 Å². The fourth-order valence-corrected chi connectivity index (χ4v) is 5.78. The first-order chi connectivity index (χ1) is 22.9. The van der Waals surface area contributed by atoms with E-state index in [0.717, 1.165) is 11.1 Å². The highest BCUT2D eigenvalue weighted by molar-refractivity contribution is 5.99. The van der Waals surface area contributed by atoms with Gasteiger partial charge in [-0.25, -0.2) is 9.37 Å². The lowest BCUT2D eigenvalue weighted by molar-refractivity contribution is -0.123. The highest BCUT2D eigenvalue weighted by Gasteiger charge is 2.39. The summed E-state index contributed by atoms with van der Waals surface area (Å²) < 4.78 is 27.2. The average Bonchev–Trinajstić information content (AvgIpc) is 3.75. The standard InChI is InChI=1S/C36H30FN5O5/c37-29-14-11-25-16-28(29)35(44)41-30-18-42(36(45)34-33(39-21-40-34)23-5-2-1-3-6-23)19-31(30)47-26-12-9-22(10-13-26)17-38-32(43)20-46-27-8-4-7-24(25)15-27/h1-16,21,30-31H,17-20H2,(H,38,43)(H,39,40)(H,41,44)/t30-,31-/m0/s1. The van der Waals surface area contributed by atoms with Crippen LogP contribution in [0.3, 0.4) is 0 Å². The lowest BCUT2D eigenvalue weighted by Gasteiger charge is -2.21. The van der Waals surface area contributed by atoms with Crippen LogP contribution in [-0.2, 0) is 11.3 Å². The highest BCUT2D eigenvalue weighted by Crippen LogP contribution is 2.28. The number of amides is 3. The molecule has 1 aromatic heterocycles. The topological polar surface area (TPSA) is 126 Å². The number of carbonyl (C=O) groups excluding carboxylic acids is 3. The van der Waals surface area contributed by atoms with Gasteiger partial charge in [0.1, 0.15) is 34.8 Å². The summed E-state index contributed by atoms with van der Waals surface area (Å²) in [6, 6.07) is 27.2. The van der Waals surface area contributed by atoms with Gasteiger partial charge in [-0.2, -0.15) is 0 Å². The van der Waals surface area contributed by atoms with Crippen molar-refractivity contribution in [2.45, 2.75) is 18.7 Å². The summed E-state index contributed by atoms with van der Waals surface area (Å²) in [5.74, 6) is -0.973. The van der Waals surface area contributed by atoms with Crippen LogP contribution in [-0.4, -0.2) is 64.4 Å². The second-order valence-corrected chi connectivity index (χ2v) is 11.4. The molecule has 8 rings (SSSR count). The smallest absolute Gasteiger partial charge is 0.272 e. The number of H-pyrrole nitrogens is 1. The number of carbonyl (C=O) groups is 3. The van der Waals surface area contributed by atoms with E-state index in [1.54, 1.807) is 47.4 Å². The summed E-state index contributed by atoms with van der Waals surface area (Å²) in [7, 11) is 0. The SMILES string of the molecule is O=C1COc2cccc(c2)-c2ccc(F)c(c2)C(=O)N[C@H]2CN(C(=O)c3[nH]cnc3-c3ccccc3)C[C@@H]2Oc2ccc(cc2)CN1. The summed E-state index contributed by atoms with van der Waals surface area (Å²) >= 11 is 0. The number of likely N-dealkylation sites (tertiary alicyclic amines) is 1. The van der Waals surface area contributed by atoms with E-state index in [0.29, 0.717) is 40.6 Å². The Morgan fingerprint density at radius 1 is 0.851 bits per heavy atom. The van der Waals surface area contributed by atoms with Crippen LogP contribution in [0.5, 0.6) is 11.5 Å². The van der Waals surface area contributed by atoms with Gasteiger partial charge in [0, 0.05) is 18.7 Å². The van der Waals surface area contributed by atoms with Gasteiger partial charge >= 0.3 is 0 Å². The van der Waals surface area contributed by atoms with E-state index < -0.39 is 23.9 Å². The highest BCUT2D eigenvalue weighted by atomic mass is 19.1. The Hall–Kier alpha value is -5.97. The van der Waals surface area contributed by atoms with Gasteiger partial charge in [0.2, 0.25) is 0 Å². The Morgan fingerprint density at radius 2 is 1.64 bits per heavy atom. The van der Waals surface area contributed by atoms with E-state index in [-0.39, 0.29) is 37.1 Å². The molecule has 5 aromatic rings. The Labute approximate surface area is 269 Å². The third-order valence-electron chi connectivity index (χ3n) is 8.22. The average molecular weight is 632 g/mol. The zero-order chi connectivity index (χ0) is 32.3.